The number of halogens is 1. The first-order valence-corrected chi connectivity index (χ1v) is 11.5. The van der Waals surface area contributed by atoms with E-state index in [2.05, 4.69) is 15.4 Å². The fraction of sp³-hybridized carbons (Fsp3) is 0.333. The predicted octanol–water partition coefficient (Wildman–Crippen LogP) is 4.22. The molecule has 0 saturated carbocycles. The largest absolute Gasteiger partial charge is 0.358 e. The highest BCUT2D eigenvalue weighted by Gasteiger charge is 2.43. The summed E-state index contributed by atoms with van der Waals surface area (Å²) in [7, 11) is 0. The maximum atomic E-state index is 13.7. The van der Waals surface area contributed by atoms with Crippen LogP contribution in [0.15, 0.2) is 48.8 Å². The molecule has 2 atom stereocenters. The molecule has 1 saturated heterocycles. The fourth-order valence-corrected chi connectivity index (χ4v) is 5.72. The minimum absolute atomic E-state index is 0.312. The summed E-state index contributed by atoms with van der Waals surface area (Å²) in [5.41, 5.74) is 1.36. The average Bonchev–Trinajstić information content (AvgIpc) is 2.63. The number of hydrogen-bond donors (Lipinski definition) is 2. The summed E-state index contributed by atoms with van der Waals surface area (Å²) in [6.07, 6.45) is 3.06. The second-order valence-corrected chi connectivity index (χ2v) is 10.5. The summed E-state index contributed by atoms with van der Waals surface area (Å²) in [6.45, 7) is 2.02. The Morgan fingerprint density at radius 2 is 2.19 bits per heavy atom. The lowest BCUT2D eigenvalue weighted by molar-refractivity contribution is -0.0138. The van der Waals surface area contributed by atoms with E-state index in [1.54, 1.807) is 18.5 Å². The van der Waals surface area contributed by atoms with Gasteiger partial charge in [0.05, 0.1) is 12.7 Å². The van der Waals surface area contributed by atoms with E-state index in [0.717, 1.165) is 11.1 Å². The number of pyridine rings is 1. The van der Waals surface area contributed by atoms with Gasteiger partial charge in [-0.25, -0.2) is 4.39 Å². The van der Waals surface area contributed by atoms with E-state index >= 15 is 0 Å². The molecule has 1 aromatic carbocycles. The van der Waals surface area contributed by atoms with Crippen LogP contribution in [0, 0.1) is 11.2 Å². The van der Waals surface area contributed by atoms with Crippen LogP contribution in [0.4, 0.5) is 4.39 Å². The molecule has 1 aliphatic rings. The summed E-state index contributed by atoms with van der Waals surface area (Å²) in [6, 6.07) is 10.2. The molecule has 5 nitrogen and oxygen atoms in total. The highest BCUT2D eigenvalue weighted by molar-refractivity contribution is 8.09. The normalized spacial score (nSPS) is 24.2. The highest BCUT2D eigenvalue weighted by atomic mass is 32.5. The Morgan fingerprint density at radius 3 is 2.89 bits per heavy atom. The second-order valence-electron chi connectivity index (χ2n) is 6.96. The molecule has 0 amide bonds. The van der Waals surface area contributed by atoms with E-state index in [-0.39, 0.29) is 11.2 Å². The van der Waals surface area contributed by atoms with Crippen LogP contribution in [0.25, 0.3) is 0 Å². The molecule has 1 aliphatic heterocycles. The Bertz CT molecular complexity index is 867. The molecule has 0 unspecified atom stereocenters. The van der Waals surface area contributed by atoms with Crippen molar-refractivity contribution in [3.63, 3.8) is 0 Å². The molecule has 144 valence electrons. The van der Waals surface area contributed by atoms with Crippen molar-refractivity contribution in [2.75, 3.05) is 6.61 Å². The third-order valence-electron chi connectivity index (χ3n) is 4.13. The Morgan fingerprint density at radius 1 is 1.37 bits per heavy atom. The first kappa shape index (κ1) is 20.3. The van der Waals surface area contributed by atoms with Gasteiger partial charge in [0.1, 0.15) is 5.82 Å². The van der Waals surface area contributed by atoms with E-state index < -0.39 is 12.7 Å². The van der Waals surface area contributed by atoms with Gasteiger partial charge in [-0.3, -0.25) is 10.1 Å². The Kier molecular flexibility index (Phi) is 6.23. The van der Waals surface area contributed by atoms with Crippen molar-refractivity contribution in [3.8, 4) is 0 Å². The van der Waals surface area contributed by atoms with Crippen LogP contribution in [0.2, 0.25) is 0 Å². The SMILES string of the molecule is CC1(C)CO[P@](=S)(NC(=S)NCc2cccnc2)O[C@H]1c1cccc(F)c1. The zero-order valence-corrected chi connectivity index (χ0v) is 17.5. The molecule has 1 aromatic heterocycles. The first-order valence-electron chi connectivity index (χ1n) is 8.41. The summed E-state index contributed by atoms with van der Waals surface area (Å²) in [5, 5.41) is 6.43. The minimum Gasteiger partial charge on any atom is -0.358 e. The van der Waals surface area contributed by atoms with Crippen LogP contribution in [0.5, 0.6) is 0 Å². The lowest BCUT2D eigenvalue weighted by Crippen LogP contribution is -2.40. The van der Waals surface area contributed by atoms with Gasteiger partial charge in [-0.05, 0) is 53.4 Å². The van der Waals surface area contributed by atoms with Crippen LogP contribution in [-0.2, 0) is 27.4 Å². The van der Waals surface area contributed by atoms with Crippen molar-refractivity contribution >= 4 is 35.8 Å². The number of nitrogens with one attached hydrogen (secondary N) is 2. The standard InChI is InChI=1S/C18H21FN3O2PS2/c1-18(2)12-23-25(27,24-16(18)14-6-3-7-15(19)9-14)22-17(26)21-11-13-5-4-8-20-10-13/h3-10,16H,11-12H2,1-2H3,(H2,21,22,26,27)/t16-,25+/m0/s1. The van der Waals surface area contributed by atoms with Gasteiger partial charge in [0, 0.05) is 24.4 Å². The number of benzene rings is 1. The third kappa shape index (κ3) is 5.30. The summed E-state index contributed by atoms with van der Waals surface area (Å²) < 4.78 is 25.7. The second kappa shape index (κ2) is 8.29. The molecule has 0 aliphatic carbocycles. The Balaban J connectivity index is 1.68. The topological polar surface area (TPSA) is 55.4 Å². The average molecular weight is 425 g/mol. The van der Waals surface area contributed by atoms with Gasteiger partial charge >= 0.3 is 0 Å². The number of nitrogens with zero attached hydrogens (tertiary/aromatic N) is 1. The number of thiocarbonyl (C=S) groups is 1. The molecule has 2 aromatic rings. The van der Waals surface area contributed by atoms with Crippen molar-refractivity contribution in [2.24, 2.45) is 5.41 Å². The smallest absolute Gasteiger partial charge is 0.289 e. The Hall–Kier alpha value is -1.44. The lowest BCUT2D eigenvalue weighted by Gasteiger charge is -2.43. The van der Waals surface area contributed by atoms with E-state index in [4.69, 9.17) is 33.1 Å². The van der Waals surface area contributed by atoms with Gasteiger partial charge < -0.3 is 14.4 Å². The maximum Gasteiger partial charge on any atom is 0.289 e. The molecule has 1 fully saturated rings. The van der Waals surface area contributed by atoms with Crippen molar-refractivity contribution < 1.29 is 13.4 Å². The van der Waals surface area contributed by atoms with Gasteiger partial charge in [-0.2, -0.15) is 0 Å². The molecular formula is C18H21FN3O2PS2. The molecule has 3 rings (SSSR count). The van der Waals surface area contributed by atoms with Crippen molar-refractivity contribution in [1.29, 1.82) is 0 Å². The molecule has 2 N–H and O–H groups in total. The third-order valence-corrected chi connectivity index (χ3v) is 6.83. The van der Waals surface area contributed by atoms with E-state index in [9.17, 15) is 4.39 Å². The quantitative estimate of drug-likeness (QED) is 0.562. The van der Waals surface area contributed by atoms with Crippen molar-refractivity contribution in [2.45, 2.75) is 26.5 Å². The summed E-state index contributed by atoms with van der Waals surface area (Å²) >= 11 is 10.9. The zero-order valence-electron chi connectivity index (χ0n) is 15.0. The van der Waals surface area contributed by atoms with E-state index in [0.29, 0.717) is 18.3 Å². The monoisotopic (exact) mass is 425 g/mol. The molecular weight excluding hydrogens is 404 g/mol. The molecule has 0 spiro atoms. The maximum absolute atomic E-state index is 13.7. The minimum atomic E-state index is -2.87. The predicted molar refractivity (Wildman–Crippen MR) is 111 cm³/mol. The fourth-order valence-electron chi connectivity index (χ4n) is 2.73. The van der Waals surface area contributed by atoms with E-state index in [1.807, 2.05) is 32.0 Å². The van der Waals surface area contributed by atoms with Gasteiger partial charge in [0.25, 0.3) is 6.64 Å². The molecule has 9 heteroatoms. The van der Waals surface area contributed by atoms with Crippen LogP contribution in [0.1, 0.15) is 31.1 Å². The summed E-state index contributed by atoms with van der Waals surface area (Å²) in [4.78, 5) is 4.06. The molecule has 2 heterocycles. The van der Waals surface area contributed by atoms with Gasteiger partial charge in [-0.1, -0.05) is 32.0 Å². The summed E-state index contributed by atoms with van der Waals surface area (Å²) in [5.74, 6) is -0.312. The van der Waals surface area contributed by atoms with Gasteiger partial charge in [0.2, 0.25) is 0 Å². The van der Waals surface area contributed by atoms with Crippen LogP contribution < -0.4 is 10.4 Å². The zero-order chi connectivity index (χ0) is 19.5. The van der Waals surface area contributed by atoms with Crippen LogP contribution >= 0.6 is 18.9 Å². The molecule has 27 heavy (non-hydrogen) atoms. The lowest BCUT2D eigenvalue weighted by atomic mass is 9.83. The van der Waals surface area contributed by atoms with E-state index in [1.165, 1.54) is 12.1 Å². The first-order chi connectivity index (χ1) is 12.8. The van der Waals surface area contributed by atoms with Crippen molar-refractivity contribution in [3.05, 3.63) is 65.7 Å². The number of aromatic nitrogens is 1. The number of hydrogen-bond acceptors (Lipinski definition) is 5. The number of rotatable bonds is 4. The molecule has 0 bridgehead atoms. The van der Waals surface area contributed by atoms with Crippen LogP contribution in [0.3, 0.4) is 0 Å². The van der Waals surface area contributed by atoms with Crippen molar-refractivity contribution in [1.82, 2.24) is 15.4 Å². The Labute approximate surface area is 168 Å². The van der Waals surface area contributed by atoms with Gasteiger partial charge in [0.15, 0.2) is 5.11 Å². The highest BCUT2D eigenvalue weighted by Crippen LogP contribution is 2.58. The van der Waals surface area contributed by atoms with Gasteiger partial charge in [-0.15, -0.1) is 0 Å². The van der Waals surface area contributed by atoms with Crippen LogP contribution in [-0.4, -0.2) is 16.7 Å². The molecule has 0 radical (unpaired) electrons.